The maximum atomic E-state index is 6.38. The van der Waals surface area contributed by atoms with Gasteiger partial charge in [-0.2, -0.15) is 0 Å². The van der Waals surface area contributed by atoms with E-state index >= 15 is 0 Å². The normalized spacial score (nSPS) is 11.3. The second kappa shape index (κ2) is 13.9. The molecule has 0 N–H and O–H groups in total. The lowest BCUT2D eigenvalue weighted by Crippen LogP contribution is -1.98. The van der Waals surface area contributed by atoms with Crippen molar-refractivity contribution < 1.29 is 4.42 Å². The average molecular weight is 703 g/mol. The second-order valence-electron chi connectivity index (χ2n) is 13.7. The van der Waals surface area contributed by atoms with Gasteiger partial charge in [-0.05, 0) is 80.9 Å². The molecule has 10 rings (SSSR count). The molecule has 8 aromatic carbocycles. The van der Waals surface area contributed by atoms with Gasteiger partial charge in [-0.25, -0.2) is 9.97 Å². The van der Waals surface area contributed by atoms with Gasteiger partial charge >= 0.3 is 0 Å². The molecule has 10 aromatic rings. The molecule has 3 heteroatoms. The van der Waals surface area contributed by atoms with Crippen molar-refractivity contribution in [3.05, 3.63) is 206 Å². The van der Waals surface area contributed by atoms with Gasteiger partial charge in [0.15, 0.2) is 5.82 Å². The Kier molecular flexibility index (Phi) is 8.16. The van der Waals surface area contributed by atoms with Crippen LogP contribution in [-0.4, -0.2) is 9.97 Å². The highest BCUT2D eigenvalue weighted by atomic mass is 16.3. The van der Waals surface area contributed by atoms with Crippen molar-refractivity contribution in [3.8, 4) is 78.4 Å². The Morgan fingerprint density at radius 3 is 1.42 bits per heavy atom. The van der Waals surface area contributed by atoms with E-state index in [4.69, 9.17) is 14.4 Å². The number of hydrogen-bond donors (Lipinski definition) is 0. The van der Waals surface area contributed by atoms with Gasteiger partial charge in [-0.3, -0.25) is 0 Å². The Hall–Kier alpha value is -7.36. The van der Waals surface area contributed by atoms with Gasteiger partial charge in [-0.1, -0.05) is 170 Å². The summed E-state index contributed by atoms with van der Waals surface area (Å²) in [6.45, 7) is 0. The molecule has 2 aromatic heterocycles. The Morgan fingerprint density at radius 2 is 0.745 bits per heavy atom. The third kappa shape index (κ3) is 6.08. The smallest absolute Gasteiger partial charge is 0.160 e. The summed E-state index contributed by atoms with van der Waals surface area (Å²) < 4.78 is 6.38. The molecule has 0 atom stereocenters. The third-order valence-corrected chi connectivity index (χ3v) is 10.3. The number of benzene rings is 8. The lowest BCUT2D eigenvalue weighted by Gasteiger charge is -2.16. The van der Waals surface area contributed by atoms with Crippen LogP contribution in [0.2, 0.25) is 0 Å². The quantitative estimate of drug-likeness (QED) is 0.166. The number of rotatable bonds is 7. The number of nitrogens with zero attached hydrogens (tertiary/aromatic N) is 2. The molecule has 0 spiro atoms. The van der Waals surface area contributed by atoms with Gasteiger partial charge < -0.3 is 4.42 Å². The van der Waals surface area contributed by atoms with Crippen LogP contribution in [0.5, 0.6) is 0 Å². The molecular formula is C52H34N2O. The van der Waals surface area contributed by atoms with Gasteiger partial charge in [0.05, 0.1) is 11.4 Å². The maximum absolute atomic E-state index is 6.38. The number of aromatic nitrogens is 2. The van der Waals surface area contributed by atoms with Crippen molar-refractivity contribution in [2.24, 2.45) is 0 Å². The fraction of sp³-hybridized carbons (Fsp3) is 0. The average Bonchev–Trinajstić information content (AvgIpc) is 3.66. The Morgan fingerprint density at radius 1 is 0.291 bits per heavy atom. The molecule has 0 aliphatic heterocycles. The van der Waals surface area contributed by atoms with Gasteiger partial charge in [-0.15, -0.1) is 0 Å². The first-order valence-corrected chi connectivity index (χ1v) is 18.6. The van der Waals surface area contributed by atoms with Gasteiger partial charge in [0.1, 0.15) is 11.2 Å². The topological polar surface area (TPSA) is 38.9 Å². The molecule has 0 unspecified atom stereocenters. The fourth-order valence-corrected chi connectivity index (χ4v) is 7.73. The molecule has 0 bridgehead atoms. The van der Waals surface area contributed by atoms with E-state index in [1.54, 1.807) is 0 Å². The lowest BCUT2D eigenvalue weighted by molar-refractivity contribution is 0.669. The largest absolute Gasteiger partial charge is 0.456 e. The van der Waals surface area contributed by atoms with Crippen molar-refractivity contribution in [1.29, 1.82) is 0 Å². The zero-order chi connectivity index (χ0) is 36.6. The molecule has 0 saturated carbocycles. The standard InChI is InChI=1S/C52H34N2O/c1-4-17-35(18-5-1)41-23-10-11-25-43(41)38-31-39(44-28-16-30-50-51(44)46-27-14-15-29-49(46)55-50)33-40(32-38)47-34-48(54-52(53-47)37-21-8-3-9-22-37)45-26-13-12-24-42(45)36-19-6-2-7-20-36/h1-34H. The van der Waals surface area contributed by atoms with Crippen molar-refractivity contribution in [1.82, 2.24) is 9.97 Å². The molecular weight excluding hydrogens is 669 g/mol. The molecule has 2 heterocycles. The highest BCUT2D eigenvalue weighted by Crippen LogP contribution is 2.42. The van der Waals surface area contributed by atoms with E-state index < -0.39 is 0 Å². The van der Waals surface area contributed by atoms with Crippen LogP contribution in [0, 0.1) is 0 Å². The van der Waals surface area contributed by atoms with Crippen LogP contribution < -0.4 is 0 Å². The van der Waals surface area contributed by atoms with Crippen LogP contribution in [0.3, 0.4) is 0 Å². The van der Waals surface area contributed by atoms with E-state index in [-0.39, 0.29) is 0 Å². The minimum absolute atomic E-state index is 0.676. The molecule has 0 fully saturated rings. The van der Waals surface area contributed by atoms with E-state index in [9.17, 15) is 0 Å². The molecule has 0 aliphatic rings. The molecule has 0 amide bonds. The van der Waals surface area contributed by atoms with Crippen molar-refractivity contribution in [2.45, 2.75) is 0 Å². The SMILES string of the molecule is c1ccc(-c2nc(-c3cc(-c4ccccc4-c4ccccc4)cc(-c4cccc5oc6ccccc6c45)c3)cc(-c3ccccc3-c3ccccc3)n2)cc1. The highest BCUT2D eigenvalue weighted by Gasteiger charge is 2.19. The summed E-state index contributed by atoms with van der Waals surface area (Å²) in [6.07, 6.45) is 0. The number of hydrogen-bond acceptors (Lipinski definition) is 3. The Bertz CT molecular complexity index is 2970. The molecule has 0 aliphatic carbocycles. The molecule has 258 valence electrons. The summed E-state index contributed by atoms with van der Waals surface area (Å²) in [6, 6.07) is 72.2. The van der Waals surface area contributed by atoms with E-state index in [1.165, 1.54) is 11.1 Å². The van der Waals surface area contributed by atoms with E-state index in [0.717, 1.165) is 83.4 Å². The maximum Gasteiger partial charge on any atom is 0.160 e. The summed E-state index contributed by atoms with van der Waals surface area (Å²) in [7, 11) is 0. The van der Waals surface area contributed by atoms with E-state index in [0.29, 0.717) is 5.82 Å². The van der Waals surface area contributed by atoms with Gasteiger partial charge in [0.25, 0.3) is 0 Å². The van der Waals surface area contributed by atoms with Gasteiger partial charge in [0, 0.05) is 27.5 Å². The highest BCUT2D eigenvalue weighted by molar-refractivity contribution is 6.12. The van der Waals surface area contributed by atoms with Crippen LogP contribution >= 0.6 is 0 Å². The predicted molar refractivity (Wildman–Crippen MR) is 227 cm³/mol. The predicted octanol–water partition coefficient (Wildman–Crippen LogP) is 14.0. The summed E-state index contributed by atoms with van der Waals surface area (Å²) >= 11 is 0. The van der Waals surface area contributed by atoms with E-state index in [2.05, 4.69) is 176 Å². The van der Waals surface area contributed by atoms with Crippen LogP contribution in [0.4, 0.5) is 0 Å². The minimum atomic E-state index is 0.676. The lowest BCUT2D eigenvalue weighted by atomic mass is 9.89. The molecule has 0 saturated heterocycles. The van der Waals surface area contributed by atoms with Gasteiger partial charge in [0.2, 0.25) is 0 Å². The van der Waals surface area contributed by atoms with Crippen LogP contribution in [-0.2, 0) is 0 Å². The summed E-state index contributed by atoms with van der Waals surface area (Å²) in [5.74, 6) is 0.676. The number of furan rings is 1. The molecule has 0 radical (unpaired) electrons. The van der Waals surface area contributed by atoms with Crippen LogP contribution in [0.15, 0.2) is 211 Å². The molecule has 3 nitrogen and oxygen atoms in total. The first-order chi connectivity index (χ1) is 27.3. The Balaban J connectivity index is 1.25. The monoisotopic (exact) mass is 702 g/mol. The second-order valence-corrected chi connectivity index (χ2v) is 13.7. The first kappa shape index (κ1) is 32.3. The summed E-state index contributed by atoms with van der Waals surface area (Å²) in [5, 5.41) is 2.20. The number of fused-ring (bicyclic) bond motifs is 3. The van der Waals surface area contributed by atoms with Crippen molar-refractivity contribution in [3.63, 3.8) is 0 Å². The van der Waals surface area contributed by atoms with Crippen molar-refractivity contribution in [2.75, 3.05) is 0 Å². The van der Waals surface area contributed by atoms with Crippen LogP contribution in [0.25, 0.3) is 100 Å². The fourth-order valence-electron chi connectivity index (χ4n) is 7.73. The number of para-hydroxylation sites is 1. The van der Waals surface area contributed by atoms with Crippen LogP contribution in [0.1, 0.15) is 0 Å². The summed E-state index contributed by atoms with van der Waals surface area (Å²) in [4.78, 5) is 10.6. The van der Waals surface area contributed by atoms with Crippen molar-refractivity contribution >= 4 is 21.9 Å². The van der Waals surface area contributed by atoms with E-state index in [1.807, 2.05) is 30.3 Å². The molecule has 55 heavy (non-hydrogen) atoms. The third-order valence-electron chi connectivity index (χ3n) is 10.3. The Labute approximate surface area is 319 Å². The first-order valence-electron chi connectivity index (χ1n) is 18.6. The minimum Gasteiger partial charge on any atom is -0.456 e. The summed E-state index contributed by atoms with van der Waals surface area (Å²) in [5.41, 5.74) is 15.5. The zero-order valence-corrected chi connectivity index (χ0v) is 29.9. The zero-order valence-electron chi connectivity index (χ0n) is 29.9.